The van der Waals surface area contributed by atoms with Gasteiger partial charge in [0.1, 0.15) is 29.4 Å². The predicted octanol–water partition coefficient (Wildman–Crippen LogP) is 5.37. The number of anilines is 1. The maximum atomic E-state index is 13.2. The summed E-state index contributed by atoms with van der Waals surface area (Å²) in [6.07, 6.45) is -0.286. The minimum Gasteiger partial charge on any atom is -0.494 e. The first-order valence-electron chi connectivity index (χ1n) is 11.3. The summed E-state index contributed by atoms with van der Waals surface area (Å²) in [5.41, 5.74) is 1.84. The van der Waals surface area contributed by atoms with Crippen LogP contribution in [0.5, 0.6) is 11.5 Å². The number of fused-ring (bicyclic) bond motifs is 1. The Morgan fingerprint density at radius 3 is 2.27 bits per heavy atom. The summed E-state index contributed by atoms with van der Waals surface area (Å²) in [6, 6.07) is 17.5. The van der Waals surface area contributed by atoms with Crippen molar-refractivity contribution >= 4 is 40.1 Å². The number of hydrogen-bond acceptors (Lipinski definition) is 7. The van der Waals surface area contributed by atoms with Crippen molar-refractivity contribution in [1.29, 1.82) is 0 Å². The third-order valence-corrected chi connectivity index (χ3v) is 6.04. The summed E-state index contributed by atoms with van der Waals surface area (Å²) in [5.74, 6) is -0.110. The number of carbonyl (C=O) groups is 2. The Kier molecular flexibility index (Phi) is 7.79. The molecule has 3 aromatic carbocycles. The molecule has 0 unspecified atom stereocenters. The molecule has 0 aliphatic rings. The average molecular weight is 522 g/mol. The Morgan fingerprint density at radius 2 is 1.65 bits per heavy atom. The lowest BCUT2D eigenvalue weighted by Gasteiger charge is -2.16. The van der Waals surface area contributed by atoms with Gasteiger partial charge in [-0.15, -0.1) is 0 Å². The molecule has 0 spiro atoms. The van der Waals surface area contributed by atoms with E-state index < -0.39 is 17.5 Å². The van der Waals surface area contributed by atoms with Crippen molar-refractivity contribution in [1.82, 2.24) is 0 Å². The summed E-state index contributed by atoms with van der Waals surface area (Å²) >= 11 is 6.37. The Hall–Kier alpha value is -4.30. The topological polar surface area (TPSA) is 104 Å². The van der Waals surface area contributed by atoms with Crippen LogP contribution in [0.4, 0.5) is 5.69 Å². The predicted molar refractivity (Wildman–Crippen MR) is 140 cm³/mol. The average Bonchev–Trinajstić information content (AvgIpc) is 2.88. The summed E-state index contributed by atoms with van der Waals surface area (Å²) < 4.78 is 21.4. The third-order valence-electron chi connectivity index (χ3n) is 5.69. The highest BCUT2D eigenvalue weighted by Crippen LogP contribution is 2.36. The second kappa shape index (κ2) is 11.2. The van der Waals surface area contributed by atoms with E-state index in [1.807, 2.05) is 30.3 Å². The van der Waals surface area contributed by atoms with Crippen LogP contribution in [-0.4, -0.2) is 26.1 Å². The van der Waals surface area contributed by atoms with Crippen LogP contribution < -0.4 is 20.4 Å². The minimum absolute atomic E-state index is 0.0547. The Balaban J connectivity index is 1.84. The van der Waals surface area contributed by atoms with Crippen LogP contribution in [0.15, 0.2) is 69.9 Å². The fraction of sp³-hybridized carbons (Fsp3) is 0.179. The standard InChI is InChI=1S/C28H24ClNO7/c1-16(31)36-15-18-12-19-24(14-21(18)29)37-28(33)20(26(19)17-8-5-4-6-9-17)13-25(32)30-27-22(34-2)10-7-11-23(27)35-3/h4-12,14H,13,15H2,1-3H3,(H,30,32). The lowest BCUT2D eigenvalue weighted by molar-refractivity contribution is -0.142. The monoisotopic (exact) mass is 521 g/mol. The van der Waals surface area contributed by atoms with Crippen LogP contribution in [0.25, 0.3) is 22.1 Å². The van der Waals surface area contributed by atoms with Gasteiger partial charge in [-0.05, 0) is 23.8 Å². The molecule has 0 aliphatic carbocycles. The van der Waals surface area contributed by atoms with E-state index in [0.29, 0.717) is 39.3 Å². The number of rotatable bonds is 8. The summed E-state index contributed by atoms with van der Waals surface area (Å²) in [4.78, 5) is 37.7. The minimum atomic E-state index is -0.669. The largest absolute Gasteiger partial charge is 0.494 e. The maximum Gasteiger partial charge on any atom is 0.340 e. The third kappa shape index (κ3) is 5.59. The number of amides is 1. The molecule has 0 fully saturated rings. The fourth-order valence-corrected chi connectivity index (χ4v) is 4.22. The Bertz CT molecular complexity index is 1510. The van der Waals surface area contributed by atoms with E-state index in [9.17, 15) is 14.4 Å². The van der Waals surface area contributed by atoms with E-state index in [2.05, 4.69) is 5.32 Å². The van der Waals surface area contributed by atoms with Crippen molar-refractivity contribution in [3.63, 3.8) is 0 Å². The van der Waals surface area contributed by atoms with Gasteiger partial charge in [0.2, 0.25) is 5.91 Å². The van der Waals surface area contributed by atoms with Gasteiger partial charge in [0.05, 0.1) is 31.2 Å². The molecule has 1 heterocycles. The molecule has 0 saturated carbocycles. The number of carbonyl (C=O) groups excluding carboxylic acids is 2. The van der Waals surface area contributed by atoms with Crippen molar-refractivity contribution in [2.24, 2.45) is 0 Å². The molecular formula is C28H24ClNO7. The van der Waals surface area contributed by atoms with Gasteiger partial charge >= 0.3 is 11.6 Å². The molecule has 9 heteroatoms. The van der Waals surface area contributed by atoms with E-state index in [1.165, 1.54) is 27.2 Å². The van der Waals surface area contributed by atoms with Gasteiger partial charge < -0.3 is 23.9 Å². The van der Waals surface area contributed by atoms with Crippen LogP contribution in [0.2, 0.25) is 5.02 Å². The molecule has 4 aromatic rings. The zero-order valence-electron chi connectivity index (χ0n) is 20.4. The molecule has 0 aliphatic heterocycles. The lowest BCUT2D eigenvalue weighted by atomic mass is 9.94. The maximum absolute atomic E-state index is 13.2. The number of esters is 1. The van der Waals surface area contributed by atoms with Crippen LogP contribution in [0.1, 0.15) is 18.1 Å². The molecule has 1 aromatic heterocycles. The fourth-order valence-electron chi connectivity index (χ4n) is 4.01. The van der Waals surface area contributed by atoms with Crippen LogP contribution >= 0.6 is 11.6 Å². The molecule has 37 heavy (non-hydrogen) atoms. The van der Waals surface area contributed by atoms with E-state index in [4.69, 9.17) is 30.2 Å². The highest BCUT2D eigenvalue weighted by molar-refractivity contribution is 6.32. The highest BCUT2D eigenvalue weighted by Gasteiger charge is 2.22. The normalized spacial score (nSPS) is 10.7. The smallest absolute Gasteiger partial charge is 0.340 e. The van der Waals surface area contributed by atoms with Gasteiger partial charge in [-0.2, -0.15) is 0 Å². The van der Waals surface area contributed by atoms with E-state index >= 15 is 0 Å². The Morgan fingerprint density at radius 1 is 0.973 bits per heavy atom. The molecule has 0 bridgehead atoms. The number of hydrogen-bond donors (Lipinski definition) is 1. The van der Waals surface area contributed by atoms with Gasteiger partial charge in [0, 0.05) is 29.5 Å². The molecule has 1 N–H and O–H groups in total. The first kappa shape index (κ1) is 25.8. The number of ether oxygens (including phenoxy) is 3. The second-order valence-corrected chi connectivity index (χ2v) is 8.50. The van der Waals surface area contributed by atoms with Gasteiger partial charge in [-0.25, -0.2) is 4.79 Å². The van der Waals surface area contributed by atoms with Crippen molar-refractivity contribution < 1.29 is 28.2 Å². The molecule has 0 saturated heterocycles. The lowest BCUT2D eigenvalue weighted by Crippen LogP contribution is -2.21. The summed E-state index contributed by atoms with van der Waals surface area (Å²) in [5, 5.41) is 3.62. The van der Waals surface area contributed by atoms with Crippen LogP contribution in [0.3, 0.4) is 0 Å². The number of nitrogens with one attached hydrogen (secondary N) is 1. The molecular weight excluding hydrogens is 498 g/mol. The van der Waals surface area contributed by atoms with E-state index in [0.717, 1.165) is 0 Å². The number of para-hydroxylation sites is 1. The molecule has 0 atom stereocenters. The zero-order valence-corrected chi connectivity index (χ0v) is 21.2. The van der Waals surface area contributed by atoms with E-state index in [1.54, 1.807) is 24.3 Å². The van der Waals surface area contributed by atoms with Crippen LogP contribution in [0, 0.1) is 0 Å². The molecule has 190 valence electrons. The molecule has 1 amide bonds. The second-order valence-electron chi connectivity index (χ2n) is 8.09. The highest BCUT2D eigenvalue weighted by atomic mass is 35.5. The van der Waals surface area contributed by atoms with Gasteiger partial charge in [0.15, 0.2) is 0 Å². The molecule has 8 nitrogen and oxygen atoms in total. The van der Waals surface area contributed by atoms with Crippen LogP contribution in [-0.2, 0) is 27.4 Å². The SMILES string of the molecule is COc1cccc(OC)c1NC(=O)Cc1c(-c2ccccc2)c2cc(COC(C)=O)c(Cl)cc2oc1=O. The zero-order chi connectivity index (χ0) is 26.5. The Labute approximate surface area is 217 Å². The summed E-state index contributed by atoms with van der Waals surface area (Å²) in [7, 11) is 2.96. The number of benzene rings is 3. The van der Waals surface area contributed by atoms with Crippen molar-refractivity contribution in [3.05, 3.63) is 87.2 Å². The summed E-state index contributed by atoms with van der Waals surface area (Å²) in [6.45, 7) is 1.25. The first-order valence-corrected chi connectivity index (χ1v) is 11.7. The van der Waals surface area contributed by atoms with Crippen molar-refractivity contribution in [2.45, 2.75) is 20.0 Å². The van der Waals surface area contributed by atoms with Gasteiger partial charge in [0.25, 0.3) is 0 Å². The van der Waals surface area contributed by atoms with Gasteiger partial charge in [-0.3, -0.25) is 9.59 Å². The van der Waals surface area contributed by atoms with Crippen molar-refractivity contribution in [2.75, 3.05) is 19.5 Å². The van der Waals surface area contributed by atoms with Gasteiger partial charge in [-0.1, -0.05) is 48.0 Å². The van der Waals surface area contributed by atoms with Crippen molar-refractivity contribution in [3.8, 4) is 22.6 Å². The number of halogens is 1. The number of methoxy groups -OCH3 is 2. The molecule has 0 radical (unpaired) electrons. The molecule has 4 rings (SSSR count). The van der Waals surface area contributed by atoms with E-state index in [-0.39, 0.29) is 29.2 Å². The first-order chi connectivity index (χ1) is 17.8. The quantitative estimate of drug-likeness (QED) is 0.245.